The molecule has 0 bridgehead atoms. The second-order valence-electron chi connectivity index (χ2n) is 4.97. The number of hydrogen-bond donors (Lipinski definition) is 1. The lowest BCUT2D eigenvalue weighted by atomic mass is 10.1. The van der Waals surface area contributed by atoms with E-state index < -0.39 is 0 Å². The second kappa shape index (κ2) is 5.17. The minimum Gasteiger partial charge on any atom is -0.379 e. The van der Waals surface area contributed by atoms with E-state index in [1.807, 2.05) is 28.9 Å². The normalized spacial score (nSPS) is 10.9. The van der Waals surface area contributed by atoms with Gasteiger partial charge in [-0.05, 0) is 37.1 Å². The standard InChI is InChI=1S/C16H16ClN3/c1-11-4-3-5-12(2)16(11)18-8-14-10-20-9-13(17)6-7-15(20)19-14/h3-7,9-10,18H,8H2,1-2H3. The van der Waals surface area contributed by atoms with E-state index in [4.69, 9.17) is 11.6 Å². The first-order valence-electron chi connectivity index (χ1n) is 6.57. The first-order chi connectivity index (χ1) is 9.63. The molecule has 2 aromatic heterocycles. The van der Waals surface area contributed by atoms with Crippen molar-refractivity contribution in [3.63, 3.8) is 0 Å². The highest BCUT2D eigenvalue weighted by atomic mass is 35.5. The van der Waals surface area contributed by atoms with Gasteiger partial charge in [0.1, 0.15) is 5.65 Å². The third kappa shape index (κ3) is 2.49. The molecular formula is C16H16ClN3. The van der Waals surface area contributed by atoms with Crippen LogP contribution in [0.2, 0.25) is 5.02 Å². The quantitative estimate of drug-likeness (QED) is 0.781. The Labute approximate surface area is 123 Å². The molecule has 1 aromatic carbocycles. The molecule has 0 aliphatic carbocycles. The number of nitrogens with one attached hydrogen (secondary N) is 1. The molecule has 0 amide bonds. The molecule has 0 atom stereocenters. The molecule has 1 N–H and O–H groups in total. The average molecular weight is 286 g/mol. The van der Waals surface area contributed by atoms with Crippen molar-refractivity contribution in [3.05, 3.63) is 64.6 Å². The van der Waals surface area contributed by atoms with Gasteiger partial charge in [0.2, 0.25) is 0 Å². The van der Waals surface area contributed by atoms with Crippen LogP contribution < -0.4 is 5.32 Å². The Morgan fingerprint density at radius 2 is 1.85 bits per heavy atom. The van der Waals surface area contributed by atoms with Crippen LogP contribution in [0, 0.1) is 13.8 Å². The fraction of sp³-hybridized carbons (Fsp3) is 0.188. The van der Waals surface area contributed by atoms with E-state index in [-0.39, 0.29) is 0 Å². The fourth-order valence-electron chi connectivity index (χ4n) is 2.37. The highest BCUT2D eigenvalue weighted by Crippen LogP contribution is 2.20. The minimum absolute atomic E-state index is 0.699. The Hall–Kier alpha value is -2.00. The van der Waals surface area contributed by atoms with Gasteiger partial charge in [-0.1, -0.05) is 29.8 Å². The van der Waals surface area contributed by atoms with Gasteiger partial charge in [0.15, 0.2) is 0 Å². The zero-order valence-corrected chi connectivity index (χ0v) is 12.3. The molecule has 0 aliphatic heterocycles. The summed E-state index contributed by atoms with van der Waals surface area (Å²) in [6, 6.07) is 10.1. The van der Waals surface area contributed by atoms with Gasteiger partial charge in [0, 0.05) is 18.1 Å². The highest BCUT2D eigenvalue weighted by Gasteiger charge is 2.05. The lowest BCUT2D eigenvalue weighted by Gasteiger charge is -2.11. The Morgan fingerprint density at radius 3 is 2.60 bits per heavy atom. The van der Waals surface area contributed by atoms with Gasteiger partial charge in [0.25, 0.3) is 0 Å². The molecule has 3 nitrogen and oxygen atoms in total. The smallest absolute Gasteiger partial charge is 0.137 e. The van der Waals surface area contributed by atoms with Gasteiger partial charge in [-0.2, -0.15) is 0 Å². The van der Waals surface area contributed by atoms with E-state index >= 15 is 0 Å². The third-order valence-corrected chi connectivity index (χ3v) is 3.62. The Kier molecular flexibility index (Phi) is 3.36. The van der Waals surface area contributed by atoms with Crippen LogP contribution >= 0.6 is 11.6 Å². The summed E-state index contributed by atoms with van der Waals surface area (Å²) in [6.45, 7) is 4.92. The Morgan fingerprint density at radius 1 is 1.10 bits per heavy atom. The fourth-order valence-corrected chi connectivity index (χ4v) is 2.54. The van der Waals surface area contributed by atoms with Crippen molar-refractivity contribution in [3.8, 4) is 0 Å². The molecule has 3 aromatic rings. The van der Waals surface area contributed by atoms with Crippen LogP contribution in [0.15, 0.2) is 42.7 Å². The largest absolute Gasteiger partial charge is 0.379 e. The number of nitrogens with zero attached hydrogens (tertiary/aromatic N) is 2. The van der Waals surface area contributed by atoms with Gasteiger partial charge in [0.05, 0.1) is 17.3 Å². The van der Waals surface area contributed by atoms with Crippen LogP contribution in [0.25, 0.3) is 5.65 Å². The summed E-state index contributed by atoms with van der Waals surface area (Å²) in [5, 5.41) is 4.18. The predicted octanol–water partition coefficient (Wildman–Crippen LogP) is 4.22. The van der Waals surface area contributed by atoms with Crippen molar-refractivity contribution < 1.29 is 0 Å². The van der Waals surface area contributed by atoms with Gasteiger partial charge in [-0.3, -0.25) is 0 Å². The summed E-state index contributed by atoms with van der Waals surface area (Å²) in [7, 11) is 0. The number of rotatable bonds is 3. The van der Waals surface area contributed by atoms with Gasteiger partial charge < -0.3 is 9.72 Å². The number of pyridine rings is 1. The van der Waals surface area contributed by atoms with Crippen molar-refractivity contribution in [1.82, 2.24) is 9.38 Å². The zero-order valence-electron chi connectivity index (χ0n) is 11.5. The summed E-state index contributed by atoms with van der Waals surface area (Å²) in [4.78, 5) is 4.57. The number of fused-ring (bicyclic) bond motifs is 1. The maximum absolute atomic E-state index is 5.98. The lowest BCUT2D eigenvalue weighted by molar-refractivity contribution is 1.07. The number of anilines is 1. The van der Waals surface area contributed by atoms with E-state index in [9.17, 15) is 0 Å². The first kappa shape index (κ1) is 13.0. The van der Waals surface area contributed by atoms with E-state index in [0.717, 1.165) is 11.3 Å². The minimum atomic E-state index is 0.699. The van der Waals surface area contributed by atoms with E-state index in [2.05, 4.69) is 42.3 Å². The van der Waals surface area contributed by atoms with Crippen molar-refractivity contribution in [1.29, 1.82) is 0 Å². The molecule has 4 heteroatoms. The number of hydrogen-bond acceptors (Lipinski definition) is 2. The second-order valence-corrected chi connectivity index (χ2v) is 5.40. The molecule has 0 fully saturated rings. The van der Waals surface area contributed by atoms with Gasteiger partial charge >= 0.3 is 0 Å². The molecule has 2 heterocycles. The first-order valence-corrected chi connectivity index (χ1v) is 6.94. The SMILES string of the molecule is Cc1cccc(C)c1NCc1cn2cc(Cl)ccc2n1. The number of aryl methyl sites for hydroxylation is 2. The molecule has 0 unspecified atom stereocenters. The van der Waals surface area contributed by atoms with Gasteiger partial charge in [-0.25, -0.2) is 4.98 Å². The Bertz CT molecular complexity index is 741. The Balaban J connectivity index is 1.83. The lowest BCUT2D eigenvalue weighted by Crippen LogP contribution is -2.03. The van der Waals surface area contributed by atoms with Crippen LogP contribution in [0.1, 0.15) is 16.8 Å². The molecule has 0 spiro atoms. The zero-order chi connectivity index (χ0) is 14.1. The number of benzene rings is 1. The third-order valence-electron chi connectivity index (χ3n) is 3.39. The van der Waals surface area contributed by atoms with Crippen LogP contribution in [-0.4, -0.2) is 9.38 Å². The molecular weight excluding hydrogens is 270 g/mol. The number of aromatic nitrogens is 2. The van der Waals surface area contributed by atoms with Crippen LogP contribution in [-0.2, 0) is 6.54 Å². The molecule has 0 saturated carbocycles. The summed E-state index contributed by atoms with van der Waals surface area (Å²) in [6.07, 6.45) is 3.87. The number of imidazole rings is 1. The maximum Gasteiger partial charge on any atom is 0.137 e. The van der Waals surface area contributed by atoms with E-state index in [1.54, 1.807) is 0 Å². The molecule has 3 rings (SSSR count). The average Bonchev–Trinajstić information content (AvgIpc) is 2.80. The predicted molar refractivity (Wildman–Crippen MR) is 83.4 cm³/mol. The maximum atomic E-state index is 5.98. The summed E-state index contributed by atoms with van der Waals surface area (Å²) < 4.78 is 1.95. The van der Waals surface area contributed by atoms with Crippen molar-refractivity contribution in [2.45, 2.75) is 20.4 Å². The topological polar surface area (TPSA) is 29.3 Å². The van der Waals surface area contributed by atoms with Crippen LogP contribution in [0.5, 0.6) is 0 Å². The summed E-state index contributed by atoms with van der Waals surface area (Å²) in [5.41, 5.74) is 5.58. The molecule has 102 valence electrons. The van der Waals surface area contributed by atoms with Gasteiger partial charge in [-0.15, -0.1) is 0 Å². The molecule has 0 radical (unpaired) electrons. The van der Waals surface area contributed by atoms with Crippen molar-refractivity contribution in [2.75, 3.05) is 5.32 Å². The molecule has 0 saturated heterocycles. The number of halogens is 1. The number of para-hydroxylation sites is 1. The van der Waals surface area contributed by atoms with E-state index in [1.165, 1.54) is 16.8 Å². The summed E-state index contributed by atoms with van der Waals surface area (Å²) in [5.74, 6) is 0. The molecule has 0 aliphatic rings. The van der Waals surface area contributed by atoms with Crippen LogP contribution in [0.4, 0.5) is 5.69 Å². The van der Waals surface area contributed by atoms with E-state index in [0.29, 0.717) is 11.6 Å². The summed E-state index contributed by atoms with van der Waals surface area (Å²) >= 11 is 5.98. The van der Waals surface area contributed by atoms with Crippen LogP contribution in [0.3, 0.4) is 0 Å². The molecule has 20 heavy (non-hydrogen) atoms. The van der Waals surface area contributed by atoms with Crippen molar-refractivity contribution in [2.24, 2.45) is 0 Å². The monoisotopic (exact) mass is 285 g/mol. The van der Waals surface area contributed by atoms with Crippen molar-refractivity contribution >= 4 is 22.9 Å². The highest BCUT2D eigenvalue weighted by molar-refractivity contribution is 6.30.